The van der Waals surface area contributed by atoms with Crippen LogP contribution in [0.2, 0.25) is 0 Å². The van der Waals surface area contributed by atoms with Gasteiger partial charge in [-0.3, -0.25) is 0 Å². The SMILES string of the molecule is c1ccc2c(c1)Oc1c(ccc3c4ccccc4n(-c4ccc5c(c4)c4ccccc4n5-c4ccc5ccccc5c4)c13)C21c2ccccc2-n2c3ccccc3c3cccc1c32.c1ccc2c(c1)Oc1cc3c(cc1C21c2ccccc2-n2c4ccccc4c4cccc1c42)c1ccccc1n3-c1ccc2c(c1)c1ccccc1n2-c1ccc2ccccc2c1. The first-order valence-electron chi connectivity index (χ1n) is 43.5. The second kappa shape index (κ2) is 25.0. The highest BCUT2D eigenvalue weighted by atomic mass is 16.5. The molecule has 126 heavy (non-hydrogen) atoms. The Hall–Kier alpha value is -16.7. The predicted molar refractivity (Wildman–Crippen MR) is 518 cm³/mol. The zero-order chi connectivity index (χ0) is 81.9. The van der Waals surface area contributed by atoms with E-state index in [1.807, 2.05) is 0 Å². The third-order valence-corrected chi connectivity index (χ3v) is 28.5. The van der Waals surface area contributed by atoms with Crippen LogP contribution >= 0.6 is 0 Å². The largest absolute Gasteiger partial charge is 0.457 e. The van der Waals surface area contributed by atoms with Crippen molar-refractivity contribution in [2.24, 2.45) is 0 Å². The van der Waals surface area contributed by atoms with Gasteiger partial charge in [0, 0.05) is 116 Å². The predicted octanol–water partition coefficient (Wildman–Crippen LogP) is 29.9. The monoisotopic (exact) mass is 1600 g/mol. The van der Waals surface area contributed by atoms with Crippen LogP contribution in [-0.4, -0.2) is 27.4 Å². The summed E-state index contributed by atoms with van der Waals surface area (Å²) in [5.74, 6) is 3.51. The lowest BCUT2D eigenvalue weighted by Gasteiger charge is -2.45. The van der Waals surface area contributed by atoms with Crippen LogP contribution in [0, 0.1) is 0 Å². The molecule has 20 aromatic carbocycles. The van der Waals surface area contributed by atoms with Gasteiger partial charge >= 0.3 is 0 Å². The van der Waals surface area contributed by atoms with E-state index in [4.69, 9.17) is 9.47 Å². The van der Waals surface area contributed by atoms with Crippen molar-refractivity contribution in [2.75, 3.05) is 0 Å². The molecule has 0 N–H and O–H groups in total. The fourth-order valence-electron chi connectivity index (χ4n) is 23.5. The fraction of sp³-hybridized carbons (Fsp3) is 0.0169. The van der Waals surface area contributed by atoms with Gasteiger partial charge in [0.05, 0.1) is 88.4 Å². The summed E-state index contributed by atoms with van der Waals surface area (Å²) in [6, 6.07) is 156. The Morgan fingerprint density at radius 1 is 0.159 bits per heavy atom. The topological polar surface area (TPSA) is 48.0 Å². The van der Waals surface area contributed by atoms with E-state index in [2.05, 4.69) is 452 Å². The third-order valence-electron chi connectivity index (χ3n) is 28.5. The van der Waals surface area contributed by atoms with Gasteiger partial charge < -0.3 is 36.9 Å². The van der Waals surface area contributed by atoms with E-state index in [1.165, 1.54) is 159 Å². The van der Waals surface area contributed by atoms with Gasteiger partial charge in [-0.25, -0.2) is 0 Å². The summed E-state index contributed by atoms with van der Waals surface area (Å²) in [6.45, 7) is 0. The van der Waals surface area contributed by atoms with Crippen LogP contribution in [0.4, 0.5) is 0 Å². The first-order valence-corrected chi connectivity index (χ1v) is 43.5. The maximum Gasteiger partial charge on any atom is 0.156 e. The molecule has 2 atom stereocenters. The van der Waals surface area contributed by atoms with E-state index in [0.717, 1.165) is 95.5 Å². The molecular formula is C118H70N6O2. The van der Waals surface area contributed by atoms with Crippen molar-refractivity contribution < 1.29 is 9.47 Å². The quantitative estimate of drug-likeness (QED) is 0.176. The smallest absolute Gasteiger partial charge is 0.156 e. The number of ether oxygens (including phenoxy) is 2. The van der Waals surface area contributed by atoms with Crippen LogP contribution in [-0.2, 0) is 10.8 Å². The van der Waals surface area contributed by atoms with Crippen molar-refractivity contribution in [1.82, 2.24) is 27.4 Å². The molecule has 0 radical (unpaired) electrons. The maximum absolute atomic E-state index is 7.39. The van der Waals surface area contributed by atoms with Crippen LogP contribution in [0.5, 0.6) is 23.0 Å². The number of rotatable bonds is 4. The van der Waals surface area contributed by atoms with Gasteiger partial charge in [-0.05, 0) is 171 Å². The summed E-state index contributed by atoms with van der Waals surface area (Å²) in [7, 11) is 0. The molecule has 2 unspecified atom stereocenters. The molecule has 8 heteroatoms. The van der Waals surface area contributed by atoms with Gasteiger partial charge in [-0.2, -0.15) is 0 Å². The van der Waals surface area contributed by atoms with E-state index in [-0.39, 0.29) is 0 Å². The van der Waals surface area contributed by atoms with Crippen molar-refractivity contribution >= 4 is 152 Å². The number of benzene rings is 20. The highest BCUT2D eigenvalue weighted by Gasteiger charge is 2.53. The molecule has 0 saturated carbocycles. The van der Waals surface area contributed by atoms with Gasteiger partial charge in [0.1, 0.15) is 17.2 Å². The van der Waals surface area contributed by atoms with Gasteiger partial charge in [0.2, 0.25) is 0 Å². The van der Waals surface area contributed by atoms with E-state index in [0.29, 0.717) is 0 Å². The van der Waals surface area contributed by atoms with Crippen LogP contribution in [0.15, 0.2) is 425 Å². The summed E-state index contributed by atoms with van der Waals surface area (Å²) >= 11 is 0. The van der Waals surface area contributed by atoms with Crippen molar-refractivity contribution in [3.63, 3.8) is 0 Å². The first-order chi connectivity index (χ1) is 62.5. The summed E-state index contributed by atoms with van der Waals surface area (Å²) in [6.07, 6.45) is 0. The molecule has 30 rings (SSSR count). The van der Waals surface area contributed by atoms with Crippen LogP contribution in [0.25, 0.3) is 187 Å². The minimum absolute atomic E-state index is 0.647. The standard InChI is InChI=1S/2C59H35N3O/c1-2-15-37-34-38(29-28-36(37)14-1)60-50-23-8-5-18-42(50)45-35-39(30-33-53(45)60)61-51-24-9-3-17-41(51)44-31-32-49-58(57(44)61)63-55-27-12-7-21-47(55)59(49)46-20-6-11-26-54(46)62-52-25-10-4-16-40(52)43-19-13-22-48(59)56(43)62;1-2-15-37-32-38(29-28-36(37)14-1)60-50-23-8-4-17-41(50)44-33-39(30-31-53(44)60)61-51-24-9-5-18-42(51)45-34-49-57(35-55(45)61)63-56-27-12-7-21-47(56)59(49)46-20-6-11-26-54(46)62-52-25-10-3-16-40(52)43-19-13-22-48(59)58(43)62/h2*1-35H. The third kappa shape index (κ3) is 8.75. The molecule has 4 aliphatic heterocycles. The normalized spacial score (nSPS) is 15.2. The first kappa shape index (κ1) is 68.0. The molecule has 0 bridgehead atoms. The number of nitrogens with zero attached hydrogens (tertiary/aromatic N) is 6. The van der Waals surface area contributed by atoms with Gasteiger partial charge in [-0.15, -0.1) is 0 Å². The molecule has 10 heterocycles. The lowest BCUT2D eigenvalue weighted by atomic mass is 9.61. The van der Waals surface area contributed by atoms with E-state index in [1.54, 1.807) is 0 Å². The summed E-state index contributed by atoms with van der Waals surface area (Å²) in [5.41, 5.74) is 29.3. The van der Waals surface area contributed by atoms with Crippen molar-refractivity contribution in [3.05, 3.63) is 469 Å². The molecule has 6 aromatic heterocycles. The van der Waals surface area contributed by atoms with Gasteiger partial charge in [0.15, 0.2) is 5.75 Å². The molecule has 0 amide bonds. The molecule has 26 aromatic rings. The average Bonchev–Trinajstić information content (AvgIpc) is 1.19. The lowest BCUT2D eigenvalue weighted by Crippen LogP contribution is -2.37. The molecule has 8 nitrogen and oxygen atoms in total. The maximum atomic E-state index is 7.39. The minimum atomic E-state index is -0.669. The van der Waals surface area contributed by atoms with Crippen molar-refractivity contribution in [2.45, 2.75) is 10.8 Å². The molecule has 4 aliphatic rings. The highest BCUT2D eigenvalue weighted by Crippen LogP contribution is 2.65. The summed E-state index contributed by atoms with van der Waals surface area (Å²) in [4.78, 5) is 0. The number of aromatic nitrogens is 6. The number of hydrogen-bond donors (Lipinski definition) is 0. The molecule has 0 saturated heterocycles. The highest BCUT2D eigenvalue weighted by molar-refractivity contribution is 6.19. The van der Waals surface area contributed by atoms with E-state index < -0.39 is 10.8 Å². The second-order valence-electron chi connectivity index (χ2n) is 34.4. The number of para-hydroxylation sites is 12. The Morgan fingerprint density at radius 2 is 0.492 bits per heavy atom. The number of hydrogen-bond acceptors (Lipinski definition) is 2. The zero-order valence-corrected chi connectivity index (χ0v) is 67.9. The molecule has 0 fully saturated rings. The van der Waals surface area contributed by atoms with E-state index in [9.17, 15) is 0 Å². The van der Waals surface area contributed by atoms with Gasteiger partial charge in [0.25, 0.3) is 0 Å². The van der Waals surface area contributed by atoms with Crippen LogP contribution < -0.4 is 9.47 Å². The number of fused-ring (bicyclic) bond motifs is 37. The average molecular weight is 1600 g/mol. The van der Waals surface area contributed by atoms with Crippen LogP contribution in [0.3, 0.4) is 0 Å². The second-order valence-corrected chi connectivity index (χ2v) is 34.4. The Bertz CT molecular complexity index is 9360. The Morgan fingerprint density at radius 3 is 0.992 bits per heavy atom. The van der Waals surface area contributed by atoms with Gasteiger partial charge in [-0.1, -0.05) is 291 Å². The minimum Gasteiger partial charge on any atom is -0.457 e. The lowest BCUT2D eigenvalue weighted by molar-refractivity contribution is 0.434. The molecule has 2 spiro atoms. The summed E-state index contributed by atoms with van der Waals surface area (Å²) < 4.78 is 29.3. The van der Waals surface area contributed by atoms with Crippen molar-refractivity contribution in [3.8, 4) is 57.1 Å². The molecule has 584 valence electrons. The Labute approximate surface area is 721 Å². The van der Waals surface area contributed by atoms with Crippen molar-refractivity contribution in [1.29, 1.82) is 0 Å². The molecular weight excluding hydrogens is 1530 g/mol. The van der Waals surface area contributed by atoms with Crippen LogP contribution in [0.1, 0.15) is 44.5 Å². The molecule has 0 aliphatic carbocycles. The Kier molecular flexibility index (Phi) is 13.5. The summed E-state index contributed by atoms with van der Waals surface area (Å²) in [5, 5.41) is 19.6. The van der Waals surface area contributed by atoms with E-state index >= 15 is 0 Å². The fourth-order valence-corrected chi connectivity index (χ4v) is 23.5. The zero-order valence-electron chi connectivity index (χ0n) is 67.9. The Balaban J connectivity index is 0.000000125.